The van der Waals surface area contributed by atoms with Gasteiger partial charge in [-0.15, -0.1) is 0 Å². The fraction of sp³-hybridized carbons (Fsp3) is 0.0625. The minimum absolute atomic E-state index is 0.141. The van der Waals surface area contributed by atoms with Crippen molar-refractivity contribution in [2.75, 3.05) is 12.4 Å². The molecular formula is C16H12FN3O3. The van der Waals surface area contributed by atoms with Crippen LogP contribution in [0.4, 0.5) is 15.1 Å². The second-order valence-corrected chi connectivity index (χ2v) is 4.59. The van der Waals surface area contributed by atoms with E-state index >= 15 is 0 Å². The van der Waals surface area contributed by atoms with Crippen molar-refractivity contribution in [3.05, 3.63) is 54.6 Å². The Morgan fingerprint density at radius 2 is 1.83 bits per heavy atom. The quantitative estimate of drug-likeness (QED) is 0.797. The van der Waals surface area contributed by atoms with Crippen molar-refractivity contribution in [2.24, 2.45) is 0 Å². The summed E-state index contributed by atoms with van der Waals surface area (Å²) in [5.41, 5.74) is 2.43. The predicted molar refractivity (Wildman–Crippen MR) is 81.2 cm³/mol. The van der Waals surface area contributed by atoms with Crippen molar-refractivity contribution in [2.45, 2.75) is 0 Å². The topological polar surface area (TPSA) is 77.2 Å². The molecule has 2 aromatic heterocycles. The number of nitrogens with one attached hydrogen (secondary N) is 1. The number of methoxy groups -OCH3 is 1. The van der Waals surface area contributed by atoms with Gasteiger partial charge in [0.15, 0.2) is 0 Å². The Bertz CT molecular complexity index is 816. The molecule has 0 saturated heterocycles. The second-order valence-electron chi connectivity index (χ2n) is 4.59. The van der Waals surface area contributed by atoms with E-state index in [2.05, 4.69) is 20.2 Å². The number of rotatable bonds is 3. The van der Waals surface area contributed by atoms with E-state index in [0.717, 1.165) is 5.56 Å². The van der Waals surface area contributed by atoms with Crippen molar-refractivity contribution in [1.82, 2.24) is 10.1 Å². The van der Waals surface area contributed by atoms with E-state index in [-0.39, 0.29) is 11.7 Å². The van der Waals surface area contributed by atoms with Gasteiger partial charge in [-0.3, -0.25) is 10.3 Å². The van der Waals surface area contributed by atoms with E-state index < -0.39 is 6.09 Å². The van der Waals surface area contributed by atoms with Gasteiger partial charge >= 0.3 is 6.09 Å². The lowest BCUT2D eigenvalue weighted by atomic mass is 10.0. The van der Waals surface area contributed by atoms with Crippen LogP contribution in [0.15, 0.2) is 53.3 Å². The molecule has 0 aliphatic carbocycles. The summed E-state index contributed by atoms with van der Waals surface area (Å²) in [6, 6.07) is 9.32. The fourth-order valence-corrected chi connectivity index (χ4v) is 2.11. The molecule has 0 spiro atoms. The predicted octanol–water partition coefficient (Wildman–Crippen LogP) is 3.72. The molecule has 7 heteroatoms. The van der Waals surface area contributed by atoms with Gasteiger partial charge in [-0.1, -0.05) is 5.16 Å². The van der Waals surface area contributed by atoms with Crippen molar-refractivity contribution in [3.63, 3.8) is 0 Å². The molecule has 0 saturated carbocycles. The highest BCUT2D eigenvalue weighted by Crippen LogP contribution is 2.37. The van der Waals surface area contributed by atoms with Gasteiger partial charge in [0.1, 0.15) is 11.5 Å². The van der Waals surface area contributed by atoms with Crippen molar-refractivity contribution in [1.29, 1.82) is 0 Å². The lowest BCUT2D eigenvalue weighted by Gasteiger charge is -2.05. The number of hydrogen-bond acceptors (Lipinski definition) is 5. The van der Waals surface area contributed by atoms with Gasteiger partial charge < -0.3 is 9.26 Å². The molecule has 0 aliphatic heterocycles. The molecule has 0 radical (unpaired) electrons. The van der Waals surface area contributed by atoms with Gasteiger partial charge in [0, 0.05) is 18.0 Å². The monoisotopic (exact) mass is 313 g/mol. The number of ether oxygens (including phenoxy) is 1. The first-order valence-electron chi connectivity index (χ1n) is 6.70. The molecule has 6 nitrogen and oxygen atoms in total. The molecule has 1 amide bonds. The van der Waals surface area contributed by atoms with Crippen LogP contribution in [-0.2, 0) is 4.74 Å². The van der Waals surface area contributed by atoms with Crippen LogP contribution in [0.1, 0.15) is 0 Å². The summed E-state index contributed by atoms with van der Waals surface area (Å²) in [6.45, 7) is 0. The number of hydrogen-bond donors (Lipinski definition) is 1. The van der Waals surface area contributed by atoms with E-state index in [1.807, 2.05) is 0 Å². The highest BCUT2D eigenvalue weighted by Gasteiger charge is 2.21. The first kappa shape index (κ1) is 14.7. The third-order valence-electron chi connectivity index (χ3n) is 3.18. The molecule has 23 heavy (non-hydrogen) atoms. The average molecular weight is 313 g/mol. The first-order chi connectivity index (χ1) is 11.2. The second kappa shape index (κ2) is 6.27. The van der Waals surface area contributed by atoms with Crippen molar-refractivity contribution in [3.8, 4) is 22.4 Å². The first-order valence-corrected chi connectivity index (χ1v) is 6.70. The summed E-state index contributed by atoms with van der Waals surface area (Å²) in [4.78, 5) is 15.4. The summed E-state index contributed by atoms with van der Waals surface area (Å²) in [6.07, 6.45) is 2.54. The van der Waals surface area contributed by atoms with Crippen molar-refractivity contribution < 1.29 is 18.4 Å². The maximum atomic E-state index is 13.1. The van der Waals surface area contributed by atoms with Crippen LogP contribution < -0.4 is 5.32 Å². The minimum Gasteiger partial charge on any atom is -0.453 e. The van der Waals surface area contributed by atoms with Gasteiger partial charge in [-0.25, -0.2) is 9.18 Å². The molecular weight excluding hydrogens is 301 g/mol. The SMILES string of the molecule is COC(=O)Nc1onc(-c2ccc(F)cc2)c1-c1ccncc1. The van der Waals surface area contributed by atoms with E-state index in [1.165, 1.54) is 19.2 Å². The fourth-order valence-electron chi connectivity index (χ4n) is 2.11. The van der Waals surface area contributed by atoms with E-state index in [4.69, 9.17) is 4.52 Å². The molecule has 1 aromatic carbocycles. The maximum Gasteiger partial charge on any atom is 0.413 e. The minimum atomic E-state index is -0.679. The number of amides is 1. The Labute approximate surface area is 130 Å². The zero-order valence-electron chi connectivity index (χ0n) is 12.1. The molecule has 0 fully saturated rings. The molecule has 0 aliphatic rings. The largest absolute Gasteiger partial charge is 0.453 e. The number of pyridine rings is 1. The van der Waals surface area contributed by atoms with Gasteiger partial charge in [-0.05, 0) is 42.0 Å². The summed E-state index contributed by atoms with van der Waals surface area (Å²) >= 11 is 0. The number of anilines is 1. The van der Waals surface area contributed by atoms with E-state index in [0.29, 0.717) is 16.8 Å². The number of aromatic nitrogens is 2. The van der Waals surface area contributed by atoms with E-state index in [9.17, 15) is 9.18 Å². The lowest BCUT2D eigenvalue weighted by molar-refractivity contribution is 0.186. The Kier molecular flexibility index (Phi) is 4.01. The number of carbonyl (C=O) groups is 1. The Balaban J connectivity index is 2.13. The Hall–Kier alpha value is -3.22. The number of nitrogens with zero attached hydrogens (tertiary/aromatic N) is 2. The third kappa shape index (κ3) is 3.03. The maximum absolute atomic E-state index is 13.1. The van der Waals surface area contributed by atoms with Crippen LogP contribution >= 0.6 is 0 Å². The average Bonchev–Trinajstić information content (AvgIpc) is 2.99. The molecule has 116 valence electrons. The van der Waals surface area contributed by atoms with Crippen LogP contribution in [0, 0.1) is 5.82 Å². The highest BCUT2D eigenvalue weighted by molar-refractivity contribution is 5.94. The molecule has 3 aromatic rings. The molecule has 0 atom stereocenters. The van der Waals surface area contributed by atoms with Crippen LogP contribution in [0.2, 0.25) is 0 Å². The smallest absolute Gasteiger partial charge is 0.413 e. The normalized spacial score (nSPS) is 10.3. The summed E-state index contributed by atoms with van der Waals surface area (Å²) in [5.74, 6) is -0.210. The molecule has 0 bridgehead atoms. The van der Waals surface area contributed by atoms with Gasteiger partial charge in [0.25, 0.3) is 0 Å². The number of carbonyl (C=O) groups excluding carboxylic acids is 1. The van der Waals surface area contributed by atoms with Crippen LogP contribution in [-0.4, -0.2) is 23.3 Å². The zero-order valence-corrected chi connectivity index (χ0v) is 12.1. The Morgan fingerprint density at radius 1 is 1.13 bits per heavy atom. The zero-order chi connectivity index (χ0) is 16.2. The van der Waals surface area contributed by atoms with Crippen LogP contribution in [0.25, 0.3) is 22.4 Å². The van der Waals surface area contributed by atoms with Crippen LogP contribution in [0.3, 0.4) is 0 Å². The van der Waals surface area contributed by atoms with Crippen LogP contribution in [0.5, 0.6) is 0 Å². The standard InChI is InChI=1S/C16H12FN3O3/c1-22-16(21)19-15-13(10-6-8-18-9-7-10)14(20-23-15)11-2-4-12(17)5-3-11/h2-9H,1H3,(H,19,21). The number of halogens is 1. The van der Waals surface area contributed by atoms with Gasteiger partial charge in [0.05, 0.1) is 12.7 Å². The summed E-state index contributed by atoms with van der Waals surface area (Å²) < 4.78 is 22.9. The third-order valence-corrected chi connectivity index (χ3v) is 3.18. The molecule has 1 N–H and O–H groups in total. The van der Waals surface area contributed by atoms with Crippen molar-refractivity contribution >= 4 is 12.0 Å². The van der Waals surface area contributed by atoms with Gasteiger partial charge in [0.2, 0.25) is 5.88 Å². The molecule has 2 heterocycles. The summed E-state index contributed by atoms with van der Waals surface area (Å²) in [5, 5.41) is 6.47. The molecule has 0 unspecified atom stereocenters. The lowest BCUT2D eigenvalue weighted by Crippen LogP contribution is -2.10. The highest BCUT2D eigenvalue weighted by atomic mass is 19.1. The Morgan fingerprint density at radius 3 is 2.48 bits per heavy atom. The van der Waals surface area contributed by atoms with E-state index in [1.54, 1.807) is 36.7 Å². The summed E-state index contributed by atoms with van der Waals surface area (Å²) in [7, 11) is 1.25. The molecule has 3 rings (SSSR count). The number of benzene rings is 1. The van der Waals surface area contributed by atoms with Gasteiger partial charge in [-0.2, -0.15) is 0 Å².